The third-order valence-electron chi connectivity index (χ3n) is 6.27. The highest BCUT2D eigenvalue weighted by Crippen LogP contribution is 2.43. The number of carbonyl (C=O) groups excluding carboxylic acids is 1. The molecular weight excluding hydrogens is 470 g/mol. The second-order valence-electron chi connectivity index (χ2n) is 8.70. The molecule has 1 aliphatic heterocycles. The fraction of sp³-hybridized carbons (Fsp3) is 0.179. The molecule has 8 heteroatoms. The number of nitrogens with zero attached hydrogens (tertiary/aromatic N) is 3. The smallest absolute Gasteiger partial charge is 0.221 e. The highest BCUT2D eigenvalue weighted by molar-refractivity contribution is 7.80. The normalized spacial score (nSPS) is 17.1. The van der Waals surface area contributed by atoms with E-state index in [2.05, 4.69) is 68.5 Å². The Bertz CT molecular complexity index is 1400. The lowest BCUT2D eigenvalue weighted by atomic mass is 10.0. The van der Waals surface area contributed by atoms with Gasteiger partial charge in [0.25, 0.3) is 0 Å². The Balaban J connectivity index is 1.66. The van der Waals surface area contributed by atoms with Gasteiger partial charge in [-0.25, -0.2) is 0 Å². The van der Waals surface area contributed by atoms with Crippen LogP contribution in [0.2, 0.25) is 0 Å². The number of nitrogens with one attached hydrogen (secondary N) is 2. The van der Waals surface area contributed by atoms with E-state index in [-0.39, 0.29) is 18.0 Å². The number of aryl methyl sites for hydroxylation is 1. The van der Waals surface area contributed by atoms with E-state index in [1.807, 2.05) is 42.5 Å². The van der Waals surface area contributed by atoms with Gasteiger partial charge in [0.15, 0.2) is 5.11 Å². The molecule has 2 atom stereocenters. The molecule has 36 heavy (non-hydrogen) atoms. The lowest BCUT2D eigenvalue weighted by molar-refractivity contribution is -0.114. The number of ether oxygens (including phenoxy) is 1. The molecule has 2 aromatic carbocycles. The minimum Gasteiger partial charge on any atom is -0.495 e. The second kappa shape index (κ2) is 9.83. The molecule has 1 saturated heterocycles. The number of rotatable bonds is 6. The number of hydrogen-bond donors (Lipinski definition) is 2. The first-order valence-electron chi connectivity index (χ1n) is 11.7. The van der Waals surface area contributed by atoms with Gasteiger partial charge in [-0.3, -0.25) is 9.78 Å². The molecule has 0 aliphatic carbocycles. The van der Waals surface area contributed by atoms with E-state index in [1.165, 1.54) is 12.5 Å². The Morgan fingerprint density at radius 1 is 1.06 bits per heavy atom. The molecular formula is C28H27N5O2S. The van der Waals surface area contributed by atoms with Crippen molar-refractivity contribution in [3.8, 4) is 11.4 Å². The average molecular weight is 498 g/mol. The van der Waals surface area contributed by atoms with Crippen molar-refractivity contribution in [2.75, 3.05) is 17.3 Å². The number of aromatic nitrogens is 2. The largest absolute Gasteiger partial charge is 0.495 e. The molecule has 0 radical (unpaired) electrons. The van der Waals surface area contributed by atoms with Crippen LogP contribution in [0, 0.1) is 6.92 Å². The number of thiocarbonyl (C=S) groups is 1. The zero-order valence-electron chi connectivity index (χ0n) is 20.3. The van der Waals surface area contributed by atoms with Crippen molar-refractivity contribution in [2.45, 2.75) is 25.9 Å². The molecule has 0 unspecified atom stereocenters. The van der Waals surface area contributed by atoms with Gasteiger partial charge in [0.2, 0.25) is 5.91 Å². The quantitative estimate of drug-likeness (QED) is 0.351. The van der Waals surface area contributed by atoms with Crippen LogP contribution in [0.4, 0.5) is 11.4 Å². The summed E-state index contributed by atoms with van der Waals surface area (Å²) in [7, 11) is 1.58. The van der Waals surface area contributed by atoms with E-state index in [9.17, 15) is 4.79 Å². The Labute approximate surface area is 215 Å². The molecule has 0 spiro atoms. The first kappa shape index (κ1) is 23.6. The van der Waals surface area contributed by atoms with E-state index in [1.54, 1.807) is 13.3 Å². The minimum absolute atomic E-state index is 0.177. The van der Waals surface area contributed by atoms with Crippen LogP contribution in [0.1, 0.15) is 36.0 Å². The fourth-order valence-electron chi connectivity index (χ4n) is 4.64. The number of pyridine rings is 1. The van der Waals surface area contributed by atoms with Crippen LogP contribution in [0.5, 0.6) is 5.75 Å². The second-order valence-corrected chi connectivity index (χ2v) is 9.09. The van der Waals surface area contributed by atoms with Crippen molar-refractivity contribution in [1.82, 2.24) is 14.9 Å². The Morgan fingerprint density at radius 2 is 1.83 bits per heavy atom. The lowest BCUT2D eigenvalue weighted by Gasteiger charge is -2.29. The molecule has 3 heterocycles. The summed E-state index contributed by atoms with van der Waals surface area (Å²) in [6.45, 7) is 3.55. The summed E-state index contributed by atoms with van der Waals surface area (Å²) >= 11 is 5.88. The summed E-state index contributed by atoms with van der Waals surface area (Å²) in [5, 5.41) is 6.94. The van der Waals surface area contributed by atoms with Gasteiger partial charge in [-0.05, 0) is 73.7 Å². The third-order valence-corrected chi connectivity index (χ3v) is 6.58. The average Bonchev–Trinajstić information content (AvgIpc) is 3.49. The number of methoxy groups -OCH3 is 1. The summed E-state index contributed by atoms with van der Waals surface area (Å²) < 4.78 is 7.65. The standard InChI is InChI=1S/C28H27N5O2S/c1-18-9-11-20(12-10-18)32-16-6-8-24(32)27-26(22-7-4-5-15-29-22)31-28(36)33(27)21-13-14-25(35-3)23(17-21)30-19(2)34/h4-17,26-27H,1-3H3,(H,30,34)(H,31,36)/t26-,27+/m0/s1. The van der Waals surface area contributed by atoms with Crippen LogP contribution in [0.15, 0.2) is 85.2 Å². The summed E-state index contributed by atoms with van der Waals surface area (Å²) in [6.07, 6.45) is 3.85. The molecule has 4 aromatic rings. The van der Waals surface area contributed by atoms with Gasteiger partial charge in [0.05, 0.1) is 24.5 Å². The van der Waals surface area contributed by atoms with Gasteiger partial charge < -0.3 is 24.8 Å². The molecule has 0 bridgehead atoms. The highest BCUT2D eigenvalue weighted by atomic mass is 32.1. The predicted octanol–water partition coefficient (Wildman–Crippen LogP) is 5.32. The molecule has 5 rings (SSSR count). The van der Waals surface area contributed by atoms with Gasteiger partial charge in [0.1, 0.15) is 11.8 Å². The Kier molecular flexibility index (Phi) is 6.43. The third kappa shape index (κ3) is 4.43. The molecule has 2 aromatic heterocycles. The Hall–Kier alpha value is -4.17. The molecule has 0 saturated carbocycles. The molecule has 182 valence electrons. The highest BCUT2D eigenvalue weighted by Gasteiger charge is 2.42. The zero-order valence-corrected chi connectivity index (χ0v) is 21.1. The van der Waals surface area contributed by atoms with Crippen LogP contribution in [-0.2, 0) is 4.79 Å². The predicted molar refractivity (Wildman–Crippen MR) is 146 cm³/mol. The maximum Gasteiger partial charge on any atom is 0.221 e. The van der Waals surface area contributed by atoms with Crippen LogP contribution >= 0.6 is 12.2 Å². The maximum absolute atomic E-state index is 11.9. The van der Waals surface area contributed by atoms with Gasteiger partial charge in [-0.2, -0.15) is 0 Å². The lowest BCUT2D eigenvalue weighted by Crippen LogP contribution is -2.30. The summed E-state index contributed by atoms with van der Waals surface area (Å²) in [6, 6.07) is 23.8. The summed E-state index contributed by atoms with van der Waals surface area (Å²) in [5.74, 6) is 0.400. The van der Waals surface area contributed by atoms with Gasteiger partial charge in [-0.15, -0.1) is 0 Å². The molecule has 1 aliphatic rings. The number of benzene rings is 2. The monoisotopic (exact) mass is 497 g/mol. The zero-order chi connectivity index (χ0) is 25.2. The first-order chi connectivity index (χ1) is 17.5. The first-order valence-corrected chi connectivity index (χ1v) is 12.1. The fourth-order valence-corrected chi connectivity index (χ4v) is 4.99. The van der Waals surface area contributed by atoms with Crippen molar-refractivity contribution in [2.24, 2.45) is 0 Å². The Morgan fingerprint density at radius 3 is 2.53 bits per heavy atom. The molecule has 7 nitrogen and oxygen atoms in total. The number of anilines is 2. The topological polar surface area (TPSA) is 71.4 Å². The molecule has 1 fully saturated rings. The maximum atomic E-state index is 11.9. The van der Waals surface area contributed by atoms with Crippen LogP contribution in [0.25, 0.3) is 5.69 Å². The number of hydrogen-bond acceptors (Lipinski definition) is 4. The van der Waals surface area contributed by atoms with E-state index in [0.29, 0.717) is 16.5 Å². The van der Waals surface area contributed by atoms with Crippen molar-refractivity contribution < 1.29 is 9.53 Å². The van der Waals surface area contributed by atoms with Gasteiger partial charge >= 0.3 is 0 Å². The van der Waals surface area contributed by atoms with E-state index in [0.717, 1.165) is 22.8 Å². The number of carbonyl (C=O) groups is 1. The summed E-state index contributed by atoms with van der Waals surface area (Å²) in [5.41, 5.74) is 5.62. The molecule has 2 N–H and O–H groups in total. The van der Waals surface area contributed by atoms with E-state index in [4.69, 9.17) is 17.0 Å². The SMILES string of the molecule is COc1ccc(N2C(=S)N[C@@H](c3ccccn3)[C@H]2c2cccn2-c2ccc(C)cc2)cc1NC(C)=O. The number of amides is 1. The van der Waals surface area contributed by atoms with E-state index >= 15 is 0 Å². The minimum atomic E-state index is -0.206. The van der Waals surface area contributed by atoms with Crippen molar-refractivity contribution in [3.05, 3.63) is 102 Å². The van der Waals surface area contributed by atoms with Gasteiger partial charge in [0, 0.05) is 36.4 Å². The van der Waals surface area contributed by atoms with Crippen molar-refractivity contribution in [1.29, 1.82) is 0 Å². The molecule has 1 amide bonds. The van der Waals surface area contributed by atoms with Crippen LogP contribution < -0.4 is 20.3 Å². The van der Waals surface area contributed by atoms with E-state index < -0.39 is 0 Å². The summed E-state index contributed by atoms with van der Waals surface area (Å²) in [4.78, 5) is 18.6. The van der Waals surface area contributed by atoms with Crippen molar-refractivity contribution >= 4 is 34.6 Å². The van der Waals surface area contributed by atoms with Crippen molar-refractivity contribution in [3.63, 3.8) is 0 Å². The van der Waals surface area contributed by atoms with Crippen LogP contribution in [0.3, 0.4) is 0 Å². The van der Waals surface area contributed by atoms with Crippen LogP contribution in [-0.4, -0.2) is 27.7 Å². The van der Waals surface area contributed by atoms with Gasteiger partial charge in [-0.1, -0.05) is 23.8 Å².